The molecule has 168 valence electrons. The summed E-state index contributed by atoms with van der Waals surface area (Å²) in [5.41, 5.74) is 1.48. The van der Waals surface area contributed by atoms with E-state index in [2.05, 4.69) is 5.32 Å². The Kier molecular flexibility index (Phi) is 6.03. The van der Waals surface area contributed by atoms with Gasteiger partial charge in [-0.05, 0) is 55.8 Å². The smallest absolute Gasteiger partial charge is 0.350 e. The van der Waals surface area contributed by atoms with Crippen molar-refractivity contribution >= 4 is 35.0 Å². The van der Waals surface area contributed by atoms with E-state index in [0.29, 0.717) is 5.69 Å². The number of amides is 2. The molecule has 3 aromatic rings. The van der Waals surface area contributed by atoms with Crippen LogP contribution in [0.2, 0.25) is 0 Å². The molecule has 3 aromatic carbocycles. The van der Waals surface area contributed by atoms with Crippen molar-refractivity contribution in [2.24, 2.45) is 0 Å². The van der Waals surface area contributed by atoms with Crippen LogP contribution in [0.25, 0.3) is 0 Å². The van der Waals surface area contributed by atoms with Crippen molar-refractivity contribution in [2.45, 2.75) is 24.9 Å². The van der Waals surface area contributed by atoms with E-state index in [1.54, 1.807) is 30.3 Å². The Hall–Kier alpha value is -3.52. The van der Waals surface area contributed by atoms with Gasteiger partial charge in [0.05, 0.1) is 11.3 Å². The van der Waals surface area contributed by atoms with Crippen LogP contribution in [0.15, 0.2) is 88.3 Å². The van der Waals surface area contributed by atoms with Gasteiger partial charge >= 0.3 is 6.18 Å². The molecule has 1 aliphatic heterocycles. The highest BCUT2D eigenvalue weighted by atomic mass is 32.2. The molecule has 8 heteroatoms. The first-order valence-electron chi connectivity index (χ1n) is 10.0. The molecule has 0 spiro atoms. The van der Waals surface area contributed by atoms with Gasteiger partial charge in [0.15, 0.2) is 0 Å². The van der Waals surface area contributed by atoms with E-state index in [1.807, 2.05) is 32.0 Å². The molecular formula is C25H19F3N2O2S. The third kappa shape index (κ3) is 4.66. The number of anilines is 2. The first-order valence-corrected chi connectivity index (χ1v) is 10.8. The zero-order chi connectivity index (χ0) is 23.8. The summed E-state index contributed by atoms with van der Waals surface area (Å²) in [4.78, 5) is 28.3. The van der Waals surface area contributed by atoms with Gasteiger partial charge in [0.1, 0.15) is 10.6 Å². The lowest BCUT2D eigenvalue weighted by Crippen LogP contribution is -2.32. The highest BCUT2D eigenvalue weighted by Gasteiger charge is 2.41. The van der Waals surface area contributed by atoms with E-state index in [1.165, 1.54) is 12.1 Å². The van der Waals surface area contributed by atoms with Gasteiger partial charge in [0, 0.05) is 10.6 Å². The number of hydrogen-bond donors (Lipinski definition) is 1. The second-order valence-electron chi connectivity index (χ2n) is 7.56. The second-order valence-corrected chi connectivity index (χ2v) is 8.64. The third-order valence-corrected chi connectivity index (χ3v) is 6.17. The molecule has 0 aromatic heterocycles. The number of carbonyl (C=O) groups is 2. The van der Waals surface area contributed by atoms with E-state index in [0.717, 1.165) is 44.8 Å². The number of hydrogen-bond acceptors (Lipinski definition) is 4. The van der Waals surface area contributed by atoms with Crippen LogP contribution in [0.5, 0.6) is 0 Å². The number of halogens is 3. The van der Waals surface area contributed by atoms with Crippen molar-refractivity contribution < 1.29 is 22.8 Å². The molecule has 4 nitrogen and oxygen atoms in total. The lowest BCUT2D eigenvalue weighted by atomic mass is 10.1. The topological polar surface area (TPSA) is 49.4 Å². The molecule has 0 atom stereocenters. The molecule has 0 saturated carbocycles. The summed E-state index contributed by atoms with van der Waals surface area (Å²) in [7, 11) is 0. The molecule has 0 fully saturated rings. The minimum Gasteiger partial charge on any atom is -0.350 e. The van der Waals surface area contributed by atoms with Crippen LogP contribution in [0.3, 0.4) is 0 Å². The maximum Gasteiger partial charge on any atom is 0.416 e. The van der Waals surface area contributed by atoms with Crippen molar-refractivity contribution in [3.63, 3.8) is 0 Å². The number of carbonyl (C=O) groups excluding carboxylic acids is 2. The lowest BCUT2D eigenvalue weighted by molar-refractivity contribution is -0.137. The number of nitrogens with one attached hydrogen (secondary N) is 1. The Balaban J connectivity index is 1.77. The fraction of sp³-hybridized carbons (Fsp3) is 0.120. The molecular weight excluding hydrogens is 449 g/mol. The Morgan fingerprint density at radius 1 is 0.848 bits per heavy atom. The van der Waals surface area contributed by atoms with E-state index >= 15 is 0 Å². The van der Waals surface area contributed by atoms with Gasteiger partial charge in [-0.3, -0.25) is 9.59 Å². The first-order chi connectivity index (χ1) is 15.6. The van der Waals surface area contributed by atoms with Gasteiger partial charge in [0.25, 0.3) is 11.8 Å². The predicted molar refractivity (Wildman–Crippen MR) is 123 cm³/mol. The molecule has 0 radical (unpaired) electrons. The highest BCUT2D eigenvalue weighted by molar-refractivity contribution is 8.04. The molecule has 4 rings (SSSR count). The van der Waals surface area contributed by atoms with Crippen molar-refractivity contribution in [3.8, 4) is 0 Å². The third-order valence-electron chi connectivity index (χ3n) is 5.08. The largest absolute Gasteiger partial charge is 0.416 e. The Labute approximate surface area is 193 Å². The summed E-state index contributed by atoms with van der Waals surface area (Å²) in [6.07, 6.45) is -4.60. The minimum absolute atomic E-state index is 0.0261. The molecule has 2 amide bonds. The number of rotatable bonds is 5. The zero-order valence-electron chi connectivity index (χ0n) is 17.7. The maximum absolute atomic E-state index is 13.4. The van der Waals surface area contributed by atoms with Crippen LogP contribution in [0.4, 0.5) is 24.5 Å². The van der Waals surface area contributed by atoms with Crippen LogP contribution in [0, 0.1) is 13.8 Å². The van der Waals surface area contributed by atoms with Crippen molar-refractivity contribution in [2.75, 3.05) is 10.2 Å². The fourth-order valence-electron chi connectivity index (χ4n) is 3.47. The number of imide groups is 1. The number of aryl methyl sites for hydroxylation is 2. The van der Waals surface area contributed by atoms with Gasteiger partial charge in [-0.15, -0.1) is 0 Å². The molecule has 0 bridgehead atoms. The summed E-state index contributed by atoms with van der Waals surface area (Å²) in [5, 5.41) is 3.06. The van der Waals surface area contributed by atoms with E-state index in [-0.39, 0.29) is 16.3 Å². The molecule has 0 aliphatic carbocycles. The summed E-state index contributed by atoms with van der Waals surface area (Å²) < 4.78 is 39.7. The molecule has 0 saturated heterocycles. The number of thioether (sulfide) groups is 1. The quantitative estimate of drug-likeness (QED) is 0.446. The second kappa shape index (κ2) is 8.78. The summed E-state index contributed by atoms with van der Waals surface area (Å²) >= 11 is 1.09. The Morgan fingerprint density at radius 3 is 2.24 bits per heavy atom. The SMILES string of the molecule is Cc1ccc(NC2=C(Sc3ccccc3)C(=O)N(c3cccc(C(F)(F)F)c3)C2=O)c(C)c1. The Morgan fingerprint density at radius 2 is 1.58 bits per heavy atom. The van der Waals surface area contributed by atoms with Gasteiger partial charge < -0.3 is 5.32 Å². The number of benzene rings is 3. The fourth-order valence-corrected chi connectivity index (χ4v) is 4.41. The van der Waals surface area contributed by atoms with E-state index in [4.69, 9.17) is 0 Å². The van der Waals surface area contributed by atoms with E-state index in [9.17, 15) is 22.8 Å². The maximum atomic E-state index is 13.4. The number of nitrogens with zero attached hydrogens (tertiary/aromatic N) is 1. The van der Waals surface area contributed by atoms with Crippen molar-refractivity contribution in [1.29, 1.82) is 0 Å². The summed E-state index contributed by atoms with van der Waals surface area (Å²) in [6.45, 7) is 3.80. The van der Waals surface area contributed by atoms with E-state index < -0.39 is 23.6 Å². The van der Waals surface area contributed by atoms with Crippen molar-refractivity contribution in [1.82, 2.24) is 0 Å². The van der Waals surface area contributed by atoms with Gasteiger partial charge in [0.2, 0.25) is 0 Å². The van der Waals surface area contributed by atoms with Gasteiger partial charge in [-0.25, -0.2) is 4.90 Å². The highest BCUT2D eigenvalue weighted by Crippen LogP contribution is 2.39. The molecule has 1 aliphatic rings. The van der Waals surface area contributed by atoms with Crippen LogP contribution in [-0.4, -0.2) is 11.8 Å². The predicted octanol–water partition coefficient (Wildman–Crippen LogP) is 6.31. The van der Waals surface area contributed by atoms with Crippen molar-refractivity contribution in [3.05, 3.63) is 100 Å². The van der Waals surface area contributed by atoms with Crippen LogP contribution in [0.1, 0.15) is 16.7 Å². The average molecular weight is 469 g/mol. The number of alkyl halides is 3. The minimum atomic E-state index is -4.60. The monoisotopic (exact) mass is 468 g/mol. The van der Waals surface area contributed by atoms with Crippen LogP contribution >= 0.6 is 11.8 Å². The molecule has 33 heavy (non-hydrogen) atoms. The van der Waals surface area contributed by atoms with Gasteiger partial charge in [-0.2, -0.15) is 13.2 Å². The zero-order valence-corrected chi connectivity index (χ0v) is 18.6. The standard InChI is InChI=1S/C25H19F3N2O2S/c1-15-11-12-20(16(2)13-15)29-21-22(33-19-9-4-3-5-10-19)24(32)30(23(21)31)18-8-6-7-17(14-18)25(26,27)28/h3-14,29H,1-2H3. The first kappa shape index (κ1) is 22.7. The normalized spacial score (nSPS) is 14.3. The lowest BCUT2D eigenvalue weighted by Gasteiger charge is -2.17. The van der Waals surface area contributed by atoms with Crippen LogP contribution in [-0.2, 0) is 15.8 Å². The van der Waals surface area contributed by atoms with Crippen LogP contribution < -0.4 is 10.2 Å². The average Bonchev–Trinajstić information content (AvgIpc) is 2.99. The Bertz CT molecular complexity index is 1270. The summed E-state index contributed by atoms with van der Waals surface area (Å²) in [5.74, 6) is -1.39. The van der Waals surface area contributed by atoms with Gasteiger partial charge in [-0.1, -0.05) is 53.7 Å². The summed E-state index contributed by atoms with van der Waals surface area (Å²) in [6, 6.07) is 18.8. The molecule has 0 unspecified atom stereocenters. The molecule has 1 heterocycles. The molecule has 1 N–H and O–H groups in total.